The monoisotopic (exact) mass is 527 g/mol. The van der Waals surface area contributed by atoms with Crippen LogP contribution in [0.3, 0.4) is 0 Å². The van der Waals surface area contributed by atoms with Crippen LogP contribution in [0.25, 0.3) is 33.1 Å². The average Bonchev–Trinajstić information content (AvgIpc) is 3.08. The second-order valence-electron chi connectivity index (χ2n) is 5.04. The fourth-order valence-corrected chi connectivity index (χ4v) is 4.37. The number of hydrogen-bond donors (Lipinski definition) is 1. The van der Waals surface area contributed by atoms with Crippen molar-refractivity contribution in [1.29, 1.82) is 0 Å². The van der Waals surface area contributed by atoms with Crippen LogP contribution >= 0.6 is 46.3 Å². The zero-order valence-electron chi connectivity index (χ0n) is 13.6. The third-order valence-corrected chi connectivity index (χ3v) is 5.93. The molecule has 128 valence electrons. The number of halogens is 2. The van der Waals surface area contributed by atoms with Crippen molar-refractivity contribution < 1.29 is 0 Å². The van der Waals surface area contributed by atoms with Crippen molar-refractivity contribution in [2.24, 2.45) is 0 Å². The molecule has 1 aromatic carbocycles. The van der Waals surface area contributed by atoms with Crippen molar-refractivity contribution in [3.05, 3.63) is 63.6 Å². The summed E-state index contributed by atoms with van der Waals surface area (Å²) in [6, 6.07) is 12.0. The van der Waals surface area contributed by atoms with E-state index in [9.17, 15) is 4.79 Å². The van der Waals surface area contributed by atoms with E-state index in [1.807, 2.05) is 60.4 Å². The van der Waals surface area contributed by atoms with Gasteiger partial charge in [-0.2, -0.15) is 0 Å². The molecule has 3 heterocycles. The van der Waals surface area contributed by atoms with Crippen molar-refractivity contribution in [3.8, 4) is 11.3 Å². The van der Waals surface area contributed by atoms with Gasteiger partial charge in [-0.25, -0.2) is 4.98 Å². The van der Waals surface area contributed by atoms with Gasteiger partial charge in [-0.15, -0.1) is 0 Å². The Morgan fingerprint density at radius 1 is 1.20 bits per heavy atom. The first-order valence-electron chi connectivity index (χ1n) is 7.76. The van der Waals surface area contributed by atoms with E-state index in [2.05, 4.69) is 42.1 Å². The molecule has 4 aromatic rings. The Morgan fingerprint density at radius 2 is 2.00 bits per heavy atom. The summed E-state index contributed by atoms with van der Waals surface area (Å²) < 4.78 is 2.89. The number of aromatic nitrogens is 3. The fourth-order valence-electron chi connectivity index (χ4n) is 2.65. The van der Waals surface area contributed by atoms with Crippen LogP contribution in [0.1, 0.15) is 13.8 Å². The molecule has 0 fully saturated rings. The summed E-state index contributed by atoms with van der Waals surface area (Å²) in [6.45, 7) is 4.00. The summed E-state index contributed by atoms with van der Waals surface area (Å²) in [4.78, 5) is 19.7. The number of benzene rings is 1. The van der Waals surface area contributed by atoms with Crippen molar-refractivity contribution in [1.82, 2.24) is 13.9 Å². The number of nitrogens with zero attached hydrogens (tertiary/aromatic N) is 2. The highest BCUT2D eigenvalue weighted by Gasteiger charge is 2.12. The third kappa shape index (κ3) is 3.50. The molecule has 0 aliphatic heterocycles. The van der Waals surface area contributed by atoms with Crippen molar-refractivity contribution in [2.45, 2.75) is 13.8 Å². The molecule has 0 aliphatic carbocycles. The number of H-pyrrole nitrogens is 1. The Balaban J connectivity index is 0.000000880. The van der Waals surface area contributed by atoms with Crippen LogP contribution in [-0.4, -0.2) is 13.9 Å². The van der Waals surface area contributed by atoms with Gasteiger partial charge in [0.25, 0.3) is 5.56 Å². The molecule has 0 spiro atoms. The largest absolute Gasteiger partial charge is 0.327 e. The van der Waals surface area contributed by atoms with Crippen LogP contribution in [-0.2, 0) is 0 Å². The predicted octanol–water partition coefficient (Wildman–Crippen LogP) is 6.18. The van der Waals surface area contributed by atoms with Crippen LogP contribution in [0, 0.1) is 0 Å². The molecule has 0 saturated carbocycles. The lowest BCUT2D eigenvalue weighted by atomic mass is 10.1. The van der Waals surface area contributed by atoms with Gasteiger partial charge < -0.3 is 4.98 Å². The predicted molar refractivity (Wildman–Crippen MR) is 119 cm³/mol. The van der Waals surface area contributed by atoms with Gasteiger partial charge in [0.05, 0.1) is 11.2 Å². The molecule has 0 amide bonds. The van der Waals surface area contributed by atoms with Gasteiger partial charge >= 0.3 is 0 Å². The average molecular weight is 528 g/mol. The first-order valence-corrected chi connectivity index (χ1v) is 11.9. The summed E-state index contributed by atoms with van der Waals surface area (Å²) in [6.07, 6.45) is 3.64. The second-order valence-corrected chi connectivity index (χ2v) is 7.67. The normalized spacial score (nSPS) is 10.7. The Bertz CT molecular complexity index is 1110. The summed E-state index contributed by atoms with van der Waals surface area (Å²) in [5.74, 6) is 0. The van der Waals surface area contributed by atoms with Gasteiger partial charge in [0.1, 0.15) is 5.52 Å². The van der Waals surface area contributed by atoms with E-state index in [-0.39, 0.29) is 5.56 Å². The van der Waals surface area contributed by atoms with Crippen LogP contribution in [0.4, 0.5) is 0 Å². The molecule has 0 saturated heterocycles. The number of aromatic amines is 1. The molecule has 0 aliphatic rings. The Morgan fingerprint density at radius 3 is 2.76 bits per heavy atom. The molecule has 25 heavy (non-hydrogen) atoms. The van der Waals surface area contributed by atoms with E-state index >= 15 is 0 Å². The molecule has 7 heteroatoms. The van der Waals surface area contributed by atoms with E-state index in [0.29, 0.717) is 5.52 Å². The molecular formula is C18H15BrIN3OS. The quantitative estimate of drug-likeness (QED) is 0.317. The summed E-state index contributed by atoms with van der Waals surface area (Å²) >= 11 is 5.64. The Labute approximate surface area is 169 Å². The molecule has 0 atom stereocenters. The summed E-state index contributed by atoms with van der Waals surface area (Å²) in [5.41, 5.74) is 3.25. The van der Waals surface area contributed by atoms with Crippen LogP contribution in [0.2, 0.25) is 0 Å². The number of nitrogens with one attached hydrogen (secondary N) is 1. The van der Waals surface area contributed by atoms with Gasteiger partial charge in [-0.1, -0.05) is 35.8 Å². The zero-order chi connectivity index (χ0) is 18.0. The highest BCUT2D eigenvalue weighted by molar-refractivity contribution is 14.2. The molecule has 3 aromatic heterocycles. The Kier molecular flexibility index (Phi) is 5.85. The van der Waals surface area contributed by atoms with Crippen LogP contribution in [0.5, 0.6) is 0 Å². The SMILES string of the molecule is CC.O=c1[nH]cc(-c2ccc3cc(Br)ccc3n2)c2ccn(SI)c12. The number of rotatable bonds is 2. The lowest BCUT2D eigenvalue weighted by Crippen LogP contribution is -2.08. The van der Waals surface area contributed by atoms with Gasteiger partial charge in [-0.3, -0.25) is 8.77 Å². The highest BCUT2D eigenvalue weighted by atomic mass is 127. The Hall–Kier alpha value is -1.32. The maximum Gasteiger partial charge on any atom is 0.273 e. The summed E-state index contributed by atoms with van der Waals surface area (Å²) in [5, 5.41) is 1.98. The number of pyridine rings is 2. The van der Waals surface area contributed by atoms with Gasteiger partial charge in [0.15, 0.2) is 0 Å². The van der Waals surface area contributed by atoms with Gasteiger partial charge in [0, 0.05) is 63.5 Å². The second kappa shape index (κ2) is 7.92. The van der Waals surface area contributed by atoms with Gasteiger partial charge in [-0.05, 0) is 30.3 Å². The standard InChI is InChI=1S/C16H9BrIN3OS.C2H6/c17-10-2-4-13-9(7-10)1-3-14(20-13)12-8-19-16(22)15-11(12)5-6-21(15)23-18;1-2/h1-8H,(H,19,22);1-2H3. The first-order chi connectivity index (χ1) is 12.2. The van der Waals surface area contributed by atoms with E-state index in [1.165, 1.54) is 9.12 Å². The minimum atomic E-state index is -0.0948. The van der Waals surface area contributed by atoms with Crippen molar-refractivity contribution >= 4 is 68.1 Å². The van der Waals surface area contributed by atoms with E-state index in [1.54, 1.807) is 6.20 Å². The lowest BCUT2D eigenvalue weighted by molar-refractivity contribution is 1.23. The number of fused-ring (bicyclic) bond motifs is 2. The van der Waals surface area contributed by atoms with Crippen molar-refractivity contribution in [2.75, 3.05) is 0 Å². The van der Waals surface area contributed by atoms with E-state index < -0.39 is 0 Å². The molecule has 4 nitrogen and oxygen atoms in total. The maximum atomic E-state index is 12.1. The highest BCUT2D eigenvalue weighted by Crippen LogP contribution is 2.30. The first kappa shape index (κ1) is 18.5. The fraction of sp³-hybridized carbons (Fsp3) is 0.111. The third-order valence-electron chi connectivity index (χ3n) is 3.71. The van der Waals surface area contributed by atoms with Crippen LogP contribution < -0.4 is 5.56 Å². The molecule has 4 rings (SSSR count). The molecular weight excluding hydrogens is 513 g/mol. The topological polar surface area (TPSA) is 50.7 Å². The minimum absolute atomic E-state index is 0.0948. The lowest BCUT2D eigenvalue weighted by Gasteiger charge is -2.06. The molecule has 0 bridgehead atoms. The minimum Gasteiger partial charge on any atom is -0.327 e. The zero-order valence-corrected chi connectivity index (χ0v) is 18.1. The molecule has 0 unspecified atom stereocenters. The van der Waals surface area contributed by atoms with Crippen LogP contribution in [0.15, 0.2) is 58.1 Å². The number of hydrogen-bond acceptors (Lipinski definition) is 3. The summed E-state index contributed by atoms with van der Waals surface area (Å²) in [7, 11) is 1.47. The van der Waals surface area contributed by atoms with Gasteiger partial charge in [0.2, 0.25) is 0 Å². The van der Waals surface area contributed by atoms with E-state index in [4.69, 9.17) is 4.98 Å². The smallest absolute Gasteiger partial charge is 0.273 e. The van der Waals surface area contributed by atoms with Crippen molar-refractivity contribution in [3.63, 3.8) is 0 Å². The maximum absolute atomic E-state index is 12.1. The van der Waals surface area contributed by atoms with E-state index in [0.717, 1.165) is 32.0 Å². The molecule has 1 N–H and O–H groups in total. The molecule has 0 radical (unpaired) electrons.